The van der Waals surface area contributed by atoms with Crippen molar-refractivity contribution in [3.63, 3.8) is 0 Å². The summed E-state index contributed by atoms with van der Waals surface area (Å²) in [6.07, 6.45) is 4.77. The van der Waals surface area contributed by atoms with Gasteiger partial charge in [-0.2, -0.15) is 0 Å². The molecule has 1 heterocycles. The second kappa shape index (κ2) is 8.47. The van der Waals surface area contributed by atoms with Gasteiger partial charge in [0.1, 0.15) is 11.3 Å². The van der Waals surface area contributed by atoms with Gasteiger partial charge in [-0.1, -0.05) is 40.2 Å². The third kappa shape index (κ3) is 4.03. The van der Waals surface area contributed by atoms with E-state index in [4.69, 9.17) is 4.74 Å². The molecule has 1 saturated heterocycles. The molecule has 0 aromatic heterocycles. The van der Waals surface area contributed by atoms with Gasteiger partial charge in [0.15, 0.2) is 12.4 Å². The smallest absolute Gasteiger partial charge is 0.342 e. The van der Waals surface area contributed by atoms with E-state index in [0.717, 1.165) is 9.37 Å². The molecule has 2 aromatic rings. The van der Waals surface area contributed by atoms with Crippen molar-refractivity contribution in [2.24, 2.45) is 11.8 Å². The molecule has 2 atom stereocenters. The van der Waals surface area contributed by atoms with Crippen molar-refractivity contribution in [1.82, 2.24) is 0 Å². The maximum atomic E-state index is 12.8. The van der Waals surface area contributed by atoms with Gasteiger partial charge < -0.3 is 9.84 Å². The molecular weight excluding hydrogens is 466 g/mol. The Labute approximate surface area is 186 Å². The zero-order valence-electron chi connectivity index (χ0n) is 16.3. The zero-order chi connectivity index (χ0) is 22.1. The monoisotopic (exact) mass is 483 g/mol. The van der Waals surface area contributed by atoms with Crippen molar-refractivity contribution in [2.45, 2.75) is 12.8 Å². The number of hydrogen-bond donors (Lipinski definition) is 1. The Bertz CT molecular complexity index is 1080. The Morgan fingerprint density at radius 3 is 2.23 bits per heavy atom. The van der Waals surface area contributed by atoms with Crippen LogP contribution in [0, 0.1) is 11.8 Å². The number of benzene rings is 2. The Morgan fingerprint density at radius 2 is 1.61 bits per heavy atom. The summed E-state index contributed by atoms with van der Waals surface area (Å²) >= 11 is 3.28. The molecule has 1 N–H and O–H groups in total. The largest absolute Gasteiger partial charge is 0.507 e. The first-order chi connectivity index (χ1) is 14.9. The first-order valence-corrected chi connectivity index (χ1v) is 10.5. The van der Waals surface area contributed by atoms with Gasteiger partial charge in [-0.15, -0.1) is 0 Å². The van der Waals surface area contributed by atoms with Crippen LogP contribution in [0.4, 0.5) is 5.69 Å². The SMILES string of the molecule is O=C(COC(=O)c1cc(N2C(=O)[C@@H]3CC=CC[C@H]3C2=O)ccc1O)c1ccc(Br)cc1. The predicted octanol–water partition coefficient (Wildman–Crippen LogP) is 3.65. The van der Waals surface area contributed by atoms with Gasteiger partial charge in [-0.25, -0.2) is 4.79 Å². The fraction of sp³-hybridized carbons (Fsp3) is 0.217. The standard InChI is InChI=1S/C23H18BrNO6/c24-14-7-5-13(6-8-14)20(27)12-31-23(30)18-11-15(9-10-19(18)26)25-21(28)16-3-1-2-4-17(16)22(25)29/h1-2,5-11,16-17,26H,3-4,12H2/t16-,17-/m1/s1. The molecule has 158 valence electrons. The molecule has 31 heavy (non-hydrogen) atoms. The zero-order valence-corrected chi connectivity index (χ0v) is 17.9. The number of allylic oxidation sites excluding steroid dienone is 2. The van der Waals surface area contributed by atoms with Crippen LogP contribution in [0.25, 0.3) is 0 Å². The first kappa shape index (κ1) is 21.0. The van der Waals surface area contributed by atoms with Crippen LogP contribution in [0.5, 0.6) is 5.75 Å². The molecule has 0 spiro atoms. The van der Waals surface area contributed by atoms with E-state index >= 15 is 0 Å². The minimum absolute atomic E-state index is 0.188. The van der Waals surface area contributed by atoms with Gasteiger partial charge in [-0.05, 0) is 43.2 Å². The van der Waals surface area contributed by atoms with E-state index in [2.05, 4.69) is 15.9 Å². The molecular formula is C23H18BrNO6. The van der Waals surface area contributed by atoms with Crippen LogP contribution in [0.2, 0.25) is 0 Å². The molecule has 0 saturated carbocycles. The number of rotatable bonds is 5. The number of anilines is 1. The van der Waals surface area contributed by atoms with Crippen LogP contribution in [-0.4, -0.2) is 35.3 Å². The number of fused-ring (bicyclic) bond motifs is 1. The van der Waals surface area contributed by atoms with E-state index in [1.807, 2.05) is 12.2 Å². The summed E-state index contributed by atoms with van der Waals surface area (Å²) in [5.41, 5.74) is 0.335. The fourth-order valence-electron chi connectivity index (χ4n) is 3.81. The van der Waals surface area contributed by atoms with E-state index < -0.39 is 30.2 Å². The number of imide groups is 1. The topological polar surface area (TPSA) is 101 Å². The number of ketones is 1. The van der Waals surface area contributed by atoms with Gasteiger partial charge >= 0.3 is 5.97 Å². The van der Waals surface area contributed by atoms with Gasteiger partial charge in [0.25, 0.3) is 0 Å². The molecule has 2 amide bonds. The molecule has 4 rings (SSSR count). The maximum absolute atomic E-state index is 12.8. The second-order valence-electron chi connectivity index (χ2n) is 7.38. The van der Waals surface area contributed by atoms with Crippen molar-refractivity contribution in [2.75, 3.05) is 11.5 Å². The summed E-state index contributed by atoms with van der Waals surface area (Å²) in [6, 6.07) is 10.4. The van der Waals surface area contributed by atoms with Crippen LogP contribution in [0.15, 0.2) is 59.1 Å². The Morgan fingerprint density at radius 1 is 1.00 bits per heavy atom. The minimum atomic E-state index is -0.928. The molecule has 1 aliphatic carbocycles. The number of halogens is 1. The maximum Gasteiger partial charge on any atom is 0.342 e. The number of carbonyl (C=O) groups is 4. The molecule has 1 fully saturated rings. The lowest BCUT2D eigenvalue weighted by molar-refractivity contribution is -0.122. The van der Waals surface area contributed by atoms with Crippen LogP contribution < -0.4 is 4.90 Å². The van der Waals surface area contributed by atoms with E-state index in [-0.39, 0.29) is 28.8 Å². The highest BCUT2D eigenvalue weighted by Crippen LogP contribution is 2.38. The summed E-state index contributed by atoms with van der Waals surface area (Å²) in [6.45, 7) is -0.512. The summed E-state index contributed by atoms with van der Waals surface area (Å²) < 4.78 is 5.87. The lowest BCUT2D eigenvalue weighted by Crippen LogP contribution is -2.31. The number of nitrogens with zero attached hydrogens (tertiary/aromatic N) is 1. The molecule has 0 bridgehead atoms. The van der Waals surface area contributed by atoms with Crippen molar-refractivity contribution in [1.29, 1.82) is 0 Å². The summed E-state index contributed by atoms with van der Waals surface area (Å²) in [4.78, 5) is 51.3. The molecule has 0 unspecified atom stereocenters. The first-order valence-electron chi connectivity index (χ1n) is 9.68. The number of phenolic OH excluding ortho intramolecular Hbond substituents is 1. The third-order valence-electron chi connectivity index (χ3n) is 5.47. The fourth-order valence-corrected chi connectivity index (χ4v) is 4.07. The molecule has 7 nitrogen and oxygen atoms in total. The molecule has 2 aliphatic rings. The summed E-state index contributed by atoms with van der Waals surface area (Å²) in [5.74, 6) is -3.18. The van der Waals surface area contributed by atoms with Gasteiger partial charge in [0.05, 0.1) is 17.5 Å². The van der Waals surface area contributed by atoms with Crippen LogP contribution in [0.1, 0.15) is 33.6 Å². The summed E-state index contributed by atoms with van der Waals surface area (Å²) in [5, 5.41) is 10.1. The molecule has 0 radical (unpaired) electrons. The number of amides is 2. The van der Waals surface area contributed by atoms with E-state index in [1.54, 1.807) is 24.3 Å². The number of carbonyl (C=O) groups excluding carboxylic acids is 4. The number of aromatic hydroxyl groups is 1. The van der Waals surface area contributed by atoms with Crippen molar-refractivity contribution < 1.29 is 29.0 Å². The highest BCUT2D eigenvalue weighted by molar-refractivity contribution is 9.10. The third-order valence-corrected chi connectivity index (χ3v) is 6.00. The Kier molecular flexibility index (Phi) is 5.73. The quantitative estimate of drug-likeness (QED) is 0.301. The van der Waals surface area contributed by atoms with E-state index in [0.29, 0.717) is 18.4 Å². The van der Waals surface area contributed by atoms with Gasteiger partial charge in [0.2, 0.25) is 11.8 Å². The number of Topliss-reactive ketones (excluding diaryl/α,β-unsaturated/α-hetero) is 1. The summed E-state index contributed by atoms with van der Waals surface area (Å²) in [7, 11) is 0. The number of hydrogen-bond acceptors (Lipinski definition) is 6. The number of ether oxygens (including phenoxy) is 1. The Balaban J connectivity index is 1.50. The highest BCUT2D eigenvalue weighted by Gasteiger charge is 2.48. The van der Waals surface area contributed by atoms with Crippen LogP contribution in [-0.2, 0) is 14.3 Å². The second-order valence-corrected chi connectivity index (χ2v) is 8.29. The van der Waals surface area contributed by atoms with Gasteiger partial charge in [-0.3, -0.25) is 19.3 Å². The van der Waals surface area contributed by atoms with Crippen molar-refractivity contribution in [3.05, 3.63) is 70.2 Å². The highest BCUT2D eigenvalue weighted by atomic mass is 79.9. The number of phenols is 1. The Hall–Kier alpha value is -3.26. The van der Waals surface area contributed by atoms with Crippen molar-refractivity contribution >= 4 is 45.2 Å². The van der Waals surface area contributed by atoms with Crippen LogP contribution in [0.3, 0.4) is 0 Å². The van der Waals surface area contributed by atoms with Gasteiger partial charge in [0, 0.05) is 10.0 Å². The lowest BCUT2D eigenvalue weighted by atomic mass is 9.85. The molecule has 1 aliphatic heterocycles. The lowest BCUT2D eigenvalue weighted by Gasteiger charge is -2.16. The molecule has 8 heteroatoms. The average molecular weight is 484 g/mol. The van der Waals surface area contributed by atoms with E-state index in [9.17, 15) is 24.3 Å². The van der Waals surface area contributed by atoms with Crippen LogP contribution >= 0.6 is 15.9 Å². The normalized spacial score (nSPS) is 20.0. The molecule has 2 aromatic carbocycles. The van der Waals surface area contributed by atoms with Crippen molar-refractivity contribution in [3.8, 4) is 5.75 Å². The average Bonchev–Trinajstić information content (AvgIpc) is 3.03. The number of esters is 1. The minimum Gasteiger partial charge on any atom is -0.507 e. The van der Waals surface area contributed by atoms with E-state index in [1.165, 1.54) is 18.2 Å². The predicted molar refractivity (Wildman–Crippen MR) is 115 cm³/mol.